The first-order valence-electron chi connectivity index (χ1n) is 13.5. The molecule has 4 nitrogen and oxygen atoms in total. The van der Waals surface area contributed by atoms with Gasteiger partial charge in [-0.15, -0.1) is 0 Å². The van der Waals surface area contributed by atoms with Gasteiger partial charge in [-0.2, -0.15) is 0 Å². The number of nitrogens with one attached hydrogen (secondary N) is 2. The van der Waals surface area contributed by atoms with Crippen LogP contribution in [0.4, 0.5) is 5.69 Å². The zero-order chi connectivity index (χ0) is 25.0. The van der Waals surface area contributed by atoms with E-state index < -0.39 is 0 Å². The molecule has 0 fully saturated rings. The van der Waals surface area contributed by atoms with Crippen molar-refractivity contribution in [1.82, 2.24) is 5.32 Å². The molecule has 2 N–H and O–H groups in total. The van der Waals surface area contributed by atoms with Crippen LogP contribution >= 0.6 is 12.2 Å². The monoisotopic (exact) mass is 496 g/mol. The minimum absolute atomic E-state index is 0.0215. The third-order valence-electron chi connectivity index (χ3n) is 6.07. The van der Waals surface area contributed by atoms with E-state index in [1.165, 1.54) is 63.4 Å². The van der Waals surface area contributed by atoms with Crippen molar-refractivity contribution in [2.75, 3.05) is 11.9 Å². The van der Waals surface area contributed by atoms with Gasteiger partial charge in [0.15, 0.2) is 5.11 Å². The molecule has 0 aliphatic carbocycles. The number of aryl methyl sites for hydroxylation is 1. The van der Waals surface area contributed by atoms with Crippen molar-refractivity contribution in [1.29, 1.82) is 0 Å². The SMILES string of the molecule is CCCCCCCCCCCCCC(=O)NC(=S)Nc1cccc(OCCCc2ccccc2)c1. The number of hydrogen-bond donors (Lipinski definition) is 2. The molecule has 0 saturated heterocycles. The smallest absolute Gasteiger partial charge is 0.226 e. The van der Waals surface area contributed by atoms with Crippen LogP contribution in [0.2, 0.25) is 0 Å². The third kappa shape index (κ3) is 14.6. The molecule has 192 valence electrons. The van der Waals surface area contributed by atoms with Crippen LogP contribution in [0.1, 0.15) is 96.0 Å². The quantitative estimate of drug-likeness (QED) is 0.161. The van der Waals surface area contributed by atoms with Gasteiger partial charge in [0.2, 0.25) is 5.91 Å². The lowest BCUT2D eigenvalue weighted by Gasteiger charge is -2.11. The molecule has 0 bridgehead atoms. The Kier molecular flexibility index (Phi) is 15.5. The van der Waals surface area contributed by atoms with Gasteiger partial charge in [0.05, 0.1) is 6.61 Å². The highest BCUT2D eigenvalue weighted by Gasteiger charge is 2.06. The molecule has 2 rings (SSSR count). The minimum atomic E-state index is -0.0215. The largest absolute Gasteiger partial charge is 0.494 e. The lowest BCUT2D eigenvalue weighted by Crippen LogP contribution is -2.33. The van der Waals surface area contributed by atoms with Gasteiger partial charge in [0.1, 0.15) is 5.75 Å². The molecule has 0 radical (unpaired) electrons. The molecule has 1 amide bonds. The Morgan fingerprint density at radius 2 is 1.46 bits per heavy atom. The maximum absolute atomic E-state index is 12.2. The van der Waals surface area contributed by atoms with Gasteiger partial charge in [-0.25, -0.2) is 0 Å². The predicted octanol–water partition coefficient (Wildman–Crippen LogP) is 8.21. The normalized spacial score (nSPS) is 10.7. The summed E-state index contributed by atoms with van der Waals surface area (Å²) in [6, 6.07) is 18.1. The average Bonchev–Trinajstić information content (AvgIpc) is 2.86. The average molecular weight is 497 g/mol. The van der Waals surface area contributed by atoms with Gasteiger partial charge in [-0.1, -0.05) is 108 Å². The summed E-state index contributed by atoms with van der Waals surface area (Å²) in [5.41, 5.74) is 2.13. The molecule has 0 unspecified atom stereocenters. The summed E-state index contributed by atoms with van der Waals surface area (Å²) in [6.45, 7) is 2.91. The number of anilines is 1. The number of unbranched alkanes of at least 4 members (excludes halogenated alkanes) is 10. The molecule has 2 aromatic carbocycles. The summed E-state index contributed by atoms with van der Waals surface area (Å²) in [7, 11) is 0. The Balaban J connectivity index is 1.52. The van der Waals surface area contributed by atoms with E-state index >= 15 is 0 Å². The second kappa shape index (κ2) is 18.9. The first-order valence-corrected chi connectivity index (χ1v) is 14.0. The van der Waals surface area contributed by atoms with Gasteiger partial charge in [0, 0.05) is 18.2 Å². The number of amides is 1. The van der Waals surface area contributed by atoms with Crippen molar-refractivity contribution in [2.45, 2.75) is 96.8 Å². The molecule has 0 spiro atoms. The summed E-state index contributed by atoms with van der Waals surface area (Å²) >= 11 is 5.32. The standard InChI is InChI=1S/C30H44N2O2S/c1-2-3-4-5-6-7-8-9-10-11-15-23-29(33)32-30(35)31-27-21-16-22-28(25-27)34-24-17-20-26-18-13-12-14-19-26/h12-14,16,18-19,21-22,25H,2-11,15,17,20,23-24H2,1H3,(H2,31,32,33,35). The zero-order valence-electron chi connectivity index (χ0n) is 21.5. The van der Waals surface area contributed by atoms with Crippen molar-refractivity contribution < 1.29 is 9.53 Å². The Morgan fingerprint density at radius 3 is 2.14 bits per heavy atom. The maximum Gasteiger partial charge on any atom is 0.226 e. The van der Waals surface area contributed by atoms with Gasteiger partial charge < -0.3 is 15.4 Å². The summed E-state index contributed by atoms with van der Waals surface area (Å²) < 4.78 is 5.88. The second-order valence-corrected chi connectivity index (χ2v) is 9.66. The molecule has 0 aliphatic heterocycles. The van der Waals surface area contributed by atoms with Crippen molar-refractivity contribution >= 4 is 28.9 Å². The van der Waals surface area contributed by atoms with Gasteiger partial charge in [-0.3, -0.25) is 4.79 Å². The fourth-order valence-corrected chi connectivity index (χ4v) is 4.31. The number of thiocarbonyl (C=S) groups is 1. The molecule has 0 atom stereocenters. The van der Waals surface area contributed by atoms with Crippen LogP contribution in [0.25, 0.3) is 0 Å². The third-order valence-corrected chi connectivity index (χ3v) is 6.28. The van der Waals surface area contributed by atoms with Gasteiger partial charge >= 0.3 is 0 Å². The lowest BCUT2D eigenvalue weighted by molar-refractivity contribution is -0.119. The highest BCUT2D eigenvalue weighted by Crippen LogP contribution is 2.18. The molecule has 2 aromatic rings. The molecule has 0 saturated carbocycles. The molecule has 5 heteroatoms. The molecule has 0 heterocycles. The number of carbonyl (C=O) groups excluding carboxylic acids is 1. The van der Waals surface area contributed by atoms with Crippen LogP contribution in [0, 0.1) is 0 Å². The van der Waals surface area contributed by atoms with Crippen LogP contribution in [0.3, 0.4) is 0 Å². The summed E-state index contributed by atoms with van der Waals surface area (Å²) in [5.74, 6) is 0.768. The van der Waals surface area contributed by atoms with Crippen molar-refractivity contribution in [2.24, 2.45) is 0 Å². The van der Waals surface area contributed by atoms with E-state index in [4.69, 9.17) is 17.0 Å². The van der Waals surface area contributed by atoms with Crippen molar-refractivity contribution in [3.63, 3.8) is 0 Å². The van der Waals surface area contributed by atoms with Gasteiger partial charge in [0.25, 0.3) is 0 Å². The Labute approximate surface area is 218 Å². The fraction of sp³-hybridized carbons (Fsp3) is 0.533. The number of hydrogen-bond acceptors (Lipinski definition) is 3. The van der Waals surface area contributed by atoms with E-state index in [2.05, 4.69) is 41.8 Å². The number of rotatable bonds is 18. The van der Waals surface area contributed by atoms with Crippen molar-refractivity contribution in [3.8, 4) is 5.75 Å². The van der Waals surface area contributed by atoms with E-state index in [0.29, 0.717) is 18.1 Å². The second-order valence-electron chi connectivity index (χ2n) is 9.25. The summed E-state index contributed by atoms with van der Waals surface area (Å²) in [4.78, 5) is 12.2. The minimum Gasteiger partial charge on any atom is -0.494 e. The van der Waals surface area contributed by atoms with E-state index in [-0.39, 0.29) is 5.91 Å². The highest BCUT2D eigenvalue weighted by atomic mass is 32.1. The van der Waals surface area contributed by atoms with Gasteiger partial charge in [-0.05, 0) is 49.2 Å². The summed E-state index contributed by atoms with van der Waals surface area (Å²) in [5, 5.41) is 6.22. The molecule has 35 heavy (non-hydrogen) atoms. The number of benzene rings is 2. The van der Waals surface area contributed by atoms with Crippen LogP contribution in [-0.2, 0) is 11.2 Å². The fourth-order valence-electron chi connectivity index (χ4n) is 4.08. The van der Waals surface area contributed by atoms with Crippen molar-refractivity contribution in [3.05, 3.63) is 60.2 Å². The van der Waals surface area contributed by atoms with Crippen LogP contribution in [0.15, 0.2) is 54.6 Å². The molecular formula is C30H44N2O2S. The molecular weight excluding hydrogens is 452 g/mol. The van der Waals surface area contributed by atoms with E-state index in [9.17, 15) is 4.79 Å². The lowest BCUT2D eigenvalue weighted by atomic mass is 10.1. The number of ether oxygens (including phenoxy) is 1. The van der Waals surface area contributed by atoms with E-state index in [0.717, 1.165) is 37.1 Å². The maximum atomic E-state index is 12.2. The first-order chi connectivity index (χ1) is 17.2. The molecule has 0 aromatic heterocycles. The summed E-state index contributed by atoms with van der Waals surface area (Å²) in [6.07, 6.45) is 16.5. The van der Waals surface area contributed by atoms with Crippen LogP contribution in [-0.4, -0.2) is 17.6 Å². The Bertz CT molecular complexity index is 841. The molecule has 0 aliphatic rings. The van der Waals surface area contributed by atoms with E-state index in [1.807, 2.05) is 30.3 Å². The predicted molar refractivity (Wildman–Crippen MR) is 152 cm³/mol. The zero-order valence-corrected chi connectivity index (χ0v) is 22.3. The number of carbonyl (C=O) groups is 1. The topological polar surface area (TPSA) is 50.4 Å². The highest BCUT2D eigenvalue weighted by molar-refractivity contribution is 7.80. The van der Waals surface area contributed by atoms with E-state index in [1.54, 1.807) is 0 Å². The first kappa shape index (κ1) is 28.8. The Hall–Kier alpha value is -2.40. The van der Waals surface area contributed by atoms with Crippen LogP contribution < -0.4 is 15.4 Å². The van der Waals surface area contributed by atoms with Crippen LogP contribution in [0.5, 0.6) is 5.75 Å². The Morgan fingerprint density at radius 1 is 0.800 bits per heavy atom.